The number of para-hydroxylation sites is 1. The van der Waals surface area contributed by atoms with Crippen LogP contribution in [-0.2, 0) is 14.3 Å². The molecule has 1 aromatic carbocycles. The minimum atomic E-state index is -0.597. The summed E-state index contributed by atoms with van der Waals surface area (Å²) in [6, 6.07) is 7.54. The molecule has 0 bridgehead atoms. The van der Waals surface area contributed by atoms with Crippen LogP contribution < -0.4 is 10.2 Å². The van der Waals surface area contributed by atoms with Crippen molar-refractivity contribution in [2.45, 2.75) is 20.3 Å². The van der Waals surface area contributed by atoms with Crippen LogP contribution in [0.2, 0.25) is 0 Å². The number of nitrogens with zero attached hydrogens (tertiary/aromatic N) is 1. The topological polar surface area (TPSA) is 80.2 Å². The normalized spacial score (nSPS) is 15.1. The Morgan fingerprint density at radius 1 is 1.29 bits per heavy atom. The van der Waals surface area contributed by atoms with Gasteiger partial charge in [-0.3, -0.25) is 9.59 Å². The molecular weight excluding hydrogens is 310 g/mol. The van der Waals surface area contributed by atoms with E-state index in [1.165, 1.54) is 0 Å². The molecular formula is C17H24N3O4+. The first kappa shape index (κ1) is 17.9. The van der Waals surface area contributed by atoms with Crippen molar-refractivity contribution < 1.29 is 24.0 Å². The van der Waals surface area contributed by atoms with Gasteiger partial charge in [-0.25, -0.2) is 9.69 Å². The molecule has 24 heavy (non-hydrogen) atoms. The summed E-state index contributed by atoms with van der Waals surface area (Å²) < 4.78 is 4.78. The molecule has 0 aromatic heterocycles. The fourth-order valence-corrected chi connectivity index (χ4v) is 2.66. The molecule has 1 unspecified atom stereocenters. The maximum absolute atomic E-state index is 12.3. The average molecular weight is 334 g/mol. The maximum atomic E-state index is 12.3. The number of anilines is 1. The lowest BCUT2D eigenvalue weighted by Crippen LogP contribution is -3.14. The molecule has 0 spiro atoms. The zero-order valence-corrected chi connectivity index (χ0v) is 14.1. The van der Waals surface area contributed by atoms with Crippen molar-refractivity contribution in [3.8, 4) is 0 Å². The quantitative estimate of drug-likeness (QED) is 0.747. The van der Waals surface area contributed by atoms with E-state index in [2.05, 4.69) is 5.32 Å². The predicted octanol–water partition coefficient (Wildman–Crippen LogP) is 0.207. The molecule has 0 saturated carbocycles. The number of imide groups is 1. The highest BCUT2D eigenvalue weighted by molar-refractivity contribution is 5.94. The summed E-state index contributed by atoms with van der Waals surface area (Å²) in [6.45, 7) is 5.40. The molecule has 1 atom stereocenters. The highest BCUT2D eigenvalue weighted by Crippen LogP contribution is 2.12. The number of carbonyl (C=O) groups is 3. The fraction of sp³-hybridized carbons (Fsp3) is 0.471. The molecule has 0 aliphatic carbocycles. The van der Waals surface area contributed by atoms with Crippen LogP contribution in [0.3, 0.4) is 0 Å². The number of hydrogen-bond donors (Lipinski definition) is 2. The van der Waals surface area contributed by atoms with Crippen LogP contribution in [0.4, 0.5) is 10.5 Å². The molecule has 7 nitrogen and oxygen atoms in total. The van der Waals surface area contributed by atoms with Gasteiger partial charge in [0.1, 0.15) is 6.61 Å². The number of nitrogens with one attached hydrogen (secondary N) is 2. The lowest BCUT2D eigenvalue weighted by molar-refractivity contribution is -0.883. The third-order valence-corrected chi connectivity index (χ3v) is 3.90. The molecule has 0 radical (unpaired) electrons. The van der Waals surface area contributed by atoms with Gasteiger partial charge in [-0.1, -0.05) is 25.1 Å². The van der Waals surface area contributed by atoms with Gasteiger partial charge in [0.15, 0.2) is 13.1 Å². The van der Waals surface area contributed by atoms with Gasteiger partial charge in [0.2, 0.25) is 0 Å². The van der Waals surface area contributed by atoms with Gasteiger partial charge < -0.3 is 15.0 Å². The second-order valence-electron chi connectivity index (χ2n) is 5.88. The number of ether oxygens (including phenoxy) is 1. The van der Waals surface area contributed by atoms with Gasteiger partial charge >= 0.3 is 6.09 Å². The van der Waals surface area contributed by atoms with Crippen LogP contribution in [0.5, 0.6) is 0 Å². The van der Waals surface area contributed by atoms with Gasteiger partial charge in [0, 0.05) is 5.69 Å². The van der Waals surface area contributed by atoms with E-state index in [0.717, 1.165) is 27.5 Å². The molecule has 130 valence electrons. The third kappa shape index (κ3) is 4.79. The number of benzene rings is 1. The highest BCUT2D eigenvalue weighted by atomic mass is 16.6. The SMILES string of the molecule is CCC[NH+](CC(=O)Nc1ccccc1C)CC(=O)N1CCOC1=O. The van der Waals surface area contributed by atoms with Crippen LogP contribution in [0.1, 0.15) is 18.9 Å². The van der Waals surface area contributed by atoms with E-state index >= 15 is 0 Å². The third-order valence-electron chi connectivity index (χ3n) is 3.90. The molecule has 3 amide bonds. The number of amides is 3. The molecule has 1 heterocycles. The Bertz CT molecular complexity index is 618. The van der Waals surface area contributed by atoms with Crippen molar-refractivity contribution in [3.05, 3.63) is 29.8 Å². The smallest absolute Gasteiger partial charge is 0.416 e. The lowest BCUT2D eigenvalue weighted by Gasteiger charge is -2.20. The van der Waals surface area contributed by atoms with E-state index < -0.39 is 6.09 Å². The molecule has 1 aromatic rings. The van der Waals surface area contributed by atoms with E-state index in [0.29, 0.717) is 6.54 Å². The number of aryl methyl sites for hydroxylation is 1. The van der Waals surface area contributed by atoms with E-state index in [1.54, 1.807) is 0 Å². The summed E-state index contributed by atoms with van der Waals surface area (Å²) in [4.78, 5) is 37.9. The Balaban J connectivity index is 1.92. The Morgan fingerprint density at radius 2 is 2.04 bits per heavy atom. The summed E-state index contributed by atoms with van der Waals surface area (Å²) >= 11 is 0. The fourth-order valence-electron chi connectivity index (χ4n) is 2.66. The first-order valence-corrected chi connectivity index (χ1v) is 8.17. The maximum Gasteiger partial charge on any atom is 0.416 e. The van der Waals surface area contributed by atoms with E-state index in [-0.39, 0.29) is 38.1 Å². The molecule has 1 aliphatic heterocycles. The minimum absolute atomic E-state index is 0.101. The predicted molar refractivity (Wildman–Crippen MR) is 88.7 cm³/mol. The molecule has 2 rings (SSSR count). The van der Waals surface area contributed by atoms with E-state index in [1.807, 2.05) is 38.1 Å². The van der Waals surface area contributed by atoms with Crippen LogP contribution >= 0.6 is 0 Å². The standard InChI is InChI=1S/C17H23N3O4/c1-3-8-19(12-16(22)20-9-10-24-17(20)23)11-15(21)18-14-7-5-4-6-13(14)2/h4-7H,3,8-12H2,1-2H3,(H,18,21)/p+1. The molecule has 1 saturated heterocycles. The van der Waals surface area contributed by atoms with Crippen LogP contribution in [0, 0.1) is 6.92 Å². The van der Waals surface area contributed by atoms with Crippen LogP contribution in [0.25, 0.3) is 0 Å². The first-order chi connectivity index (χ1) is 11.5. The van der Waals surface area contributed by atoms with Crippen LogP contribution in [0.15, 0.2) is 24.3 Å². The molecule has 2 N–H and O–H groups in total. The van der Waals surface area contributed by atoms with Gasteiger partial charge in [-0.05, 0) is 25.0 Å². The first-order valence-electron chi connectivity index (χ1n) is 8.17. The summed E-state index contributed by atoms with van der Waals surface area (Å²) in [6.07, 6.45) is 0.241. The number of rotatable bonds is 7. The molecule has 7 heteroatoms. The number of quaternary nitrogens is 1. The summed E-state index contributed by atoms with van der Waals surface area (Å²) in [5, 5.41) is 2.87. The van der Waals surface area contributed by atoms with Gasteiger partial charge in [0.25, 0.3) is 11.8 Å². The zero-order chi connectivity index (χ0) is 17.5. The Morgan fingerprint density at radius 3 is 2.67 bits per heavy atom. The second-order valence-corrected chi connectivity index (χ2v) is 5.88. The Kier molecular flexibility index (Phi) is 6.31. The van der Waals surface area contributed by atoms with Gasteiger partial charge in [-0.2, -0.15) is 0 Å². The Labute approximate surface area is 141 Å². The average Bonchev–Trinajstić information content (AvgIpc) is 2.96. The van der Waals surface area contributed by atoms with Gasteiger partial charge in [0.05, 0.1) is 13.1 Å². The second kappa shape index (κ2) is 8.44. The highest BCUT2D eigenvalue weighted by Gasteiger charge is 2.31. The summed E-state index contributed by atoms with van der Waals surface area (Å²) in [5.74, 6) is -0.450. The van der Waals surface area contributed by atoms with Crippen molar-refractivity contribution >= 4 is 23.6 Å². The minimum Gasteiger partial charge on any atom is -0.447 e. The van der Waals surface area contributed by atoms with Gasteiger partial charge in [-0.15, -0.1) is 0 Å². The Hall–Kier alpha value is -2.41. The van der Waals surface area contributed by atoms with E-state index in [9.17, 15) is 14.4 Å². The van der Waals surface area contributed by atoms with Crippen molar-refractivity contribution in [2.24, 2.45) is 0 Å². The van der Waals surface area contributed by atoms with Crippen molar-refractivity contribution in [1.29, 1.82) is 0 Å². The zero-order valence-electron chi connectivity index (χ0n) is 14.1. The summed E-state index contributed by atoms with van der Waals surface area (Å²) in [5.41, 5.74) is 1.76. The van der Waals surface area contributed by atoms with Crippen LogP contribution in [-0.4, -0.2) is 55.6 Å². The number of carbonyl (C=O) groups excluding carboxylic acids is 3. The molecule has 1 aliphatic rings. The largest absolute Gasteiger partial charge is 0.447 e. The lowest BCUT2D eigenvalue weighted by atomic mass is 10.2. The van der Waals surface area contributed by atoms with Crippen molar-refractivity contribution in [1.82, 2.24) is 4.90 Å². The van der Waals surface area contributed by atoms with Crippen molar-refractivity contribution in [3.63, 3.8) is 0 Å². The molecule has 1 fully saturated rings. The monoisotopic (exact) mass is 334 g/mol. The van der Waals surface area contributed by atoms with Crippen molar-refractivity contribution in [2.75, 3.05) is 38.1 Å². The van der Waals surface area contributed by atoms with E-state index in [4.69, 9.17) is 4.74 Å². The number of hydrogen-bond acceptors (Lipinski definition) is 4. The summed E-state index contributed by atoms with van der Waals surface area (Å²) in [7, 11) is 0. The number of cyclic esters (lactones) is 1.